The predicted octanol–water partition coefficient (Wildman–Crippen LogP) is 4.53. The zero-order chi connectivity index (χ0) is 19.2. The maximum atomic E-state index is 12.7. The molecule has 27 heavy (non-hydrogen) atoms. The van der Waals surface area contributed by atoms with Gasteiger partial charge in [0.1, 0.15) is 5.76 Å². The van der Waals surface area contributed by atoms with Gasteiger partial charge in [-0.25, -0.2) is 0 Å². The zero-order valence-corrected chi connectivity index (χ0v) is 16.2. The van der Waals surface area contributed by atoms with E-state index < -0.39 is 0 Å². The van der Waals surface area contributed by atoms with Crippen molar-refractivity contribution in [3.05, 3.63) is 54.0 Å². The minimum atomic E-state index is -0.00648. The van der Waals surface area contributed by atoms with Crippen LogP contribution in [0.2, 0.25) is 0 Å². The molecule has 5 nitrogen and oxygen atoms in total. The van der Waals surface area contributed by atoms with Crippen LogP contribution >= 0.6 is 0 Å². The van der Waals surface area contributed by atoms with Crippen LogP contribution in [-0.4, -0.2) is 30.6 Å². The summed E-state index contributed by atoms with van der Waals surface area (Å²) in [6.07, 6.45) is 7.17. The van der Waals surface area contributed by atoms with E-state index in [1.165, 1.54) is 0 Å². The van der Waals surface area contributed by atoms with Crippen LogP contribution in [0.5, 0.6) is 11.5 Å². The lowest BCUT2D eigenvalue weighted by molar-refractivity contribution is -0.127. The van der Waals surface area contributed by atoms with Gasteiger partial charge in [-0.05, 0) is 54.7 Å². The van der Waals surface area contributed by atoms with Gasteiger partial charge in [-0.2, -0.15) is 0 Å². The molecular formula is C22H27NO4. The highest BCUT2D eigenvalue weighted by atomic mass is 16.5. The second-order valence-corrected chi connectivity index (χ2v) is 7.23. The summed E-state index contributed by atoms with van der Waals surface area (Å²) in [6, 6.07) is 9.74. The minimum Gasteiger partial charge on any atom is -0.493 e. The Bertz CT molecular complexity index is 776. The van der Waals surface area contributed by atoms with Crippen molar-refractivity contribution >= 4 is 12.0 Å². The Morgan fingerprint density at radius 2 is 2.11 bits per heavy atom. The first kappa shape index (κ1) is 19.1. The lowest BCUT2D eigenvalue weighted by Crippen LogP contribution is -2.30. The second-order valence-electron chi connectivity index (χ2n) is 7.23. The monoisotopic (exact) mass is 369 g/mol. The molecule has 1 aliphatic carbocycles. The lowest BCUT2D eigenvalue weighted by Gasteiger charge is -2.19. The fourth-order valence-electron chi connectivity index (χ4n) is 2.77. The summed E-state index contributed by atoms with van der Waals surface area (Å²) in [7, 11) is 1.62. The normalized spacial score (nSPS) is 13.9. The van der Waals surface area contributed by atoms with E-state index in [4.69, 9.17) is 13.9 Å². The third kappa shape index (κ3) is 5.39. The first-order chi connectivity index (χ1) is 13.1. The van der Waals surface area contributed by atoms with Gasteiger partial charge in [0.2, 0.25) is 5.91 Å². The molecule has 0 N–H and O–H groups in total. The van der Waals surface area contributed by atoms with E-state index in [1.54, 1.807) is 19.4 Å². The summed E-state index contributed by atoms with van der Waals surface area (Å²) >= 11 is 0. The highest BCUT2D eigenvalue weighted by Gasteiger charge is 2.32. The van der Waals surface area contributed by atoms with Crippen molar-refractivity contribution in [3.8, 4) is 11.5 Å². The van der Waals surface area contributed by atoms with Crippen LogP contribution in [0.15, 0.2) is 47.1 Å². The van der Waals surface area contributed by atoms with Crippen LogP contribution < -0.4 is 9.47 Å². The molecule has 0 aliphatic heterocycles. The zero-order valence-electron chi connectivity index (χ0n) is 16.2. The number of ether oxygens (including phenoxy) is 2. The van der Waals surface area contributed by atoms with Crippen molar-refractivity contribution < 1.29 is 18.7 Å². The molecule has 0 radical (unpaired) electrons. The van der Waals surface area contributed by atoms with Crippen molar-refractivity contribution in [3.63, 3.8) is 0 Å². The maximum Gasteiger partial charge on any atom is 0.247 e. The Morgan fingerprint density at radius 1 is 1.30 bits per heavy atom. The van der Waals surface area contributed by atoms with Gasteiger partial charge in [-0.1, -0.05) is 19.9 Å². The lowest BCUT2D eigenvalue weighted by atomic mass is 10.1. The van der Waals surface area contributed by atoms with Crippen molar-refractivity contribution in [2.75, 3.05) is 13.7 Å². The van der Waals surface area contributed by atoms with Gasteiger partial charge in [0.25, 0.3) is 0 Å². The van der Waals surface area contributed by atoms with Gasteiger partial charge in [0.05, 0.1) is 26.5 Å². The first-order valence-electron chi connectivity index (χ1n) is 9.38. The molecule has 1 amide bonds. The number of methoxy groups -OCH3 is 1. The van der Waals surface area contributed by atoms with Crippen LogP contribution in [0, 0.1) is 5.92 Å². The Labute approximate surface area is 160 Å². The van der Waals surface area contributed by atoms with Crippen LogP contribution in [0.1, 0.15) is 38.0 Å². The molecule has 5 heteroatoms. The van der Waals surface area contributed by atoms with E-state index >= 15 is 0 Å². The highest BCUT2D eigenvalue weighted by Crippen LogP contribution is 2.30. The van der Waals surface area contributed by atoms with E-state index in [2.05, 4.69) is 13.8 Å². The van der Waals surface area contributed by atoms with Gasteiger partial charge >= 0.3 is 0 Å². The minimum absolute atomic E-state index is 0.00648. The summed E-state index contributed by atoms with van der Waals surface area (Å²) < 4.78 is 16.6. The van der Waals surface area contributed by atoms with Gasteiger partial charge in [0, 0.05) is 12.1 Å². The molecule has 3 rings (SSSR count). The van der Waals surface area contributed by atoms with E-state index in [0.717, 1.165) is 24.2 Å². The number of carbonyl (C=O) groups excluding carboxylic acids is 1. The number of hydrogen-bond acceptors (Lipinski definition) is 4. The summed E-state index contributed by atoms with van der Waals surface area (Å²) in [5, 5.41) is 0. The highest BCUT2D eigenvalue weighted by molar-refractivity contribution is 5.92. The van der Waals surface area contributed by atoms with Crippen molar-refractivity contribution in [2.45, 2.75) is 39.3 Å². The number of carbonyl (C=O) groups is 1. The summed E-state index contributed by atoms with van der Waals surface area (Å²) in [5.41, 5.74) is 0.894. The third-order valence-electron chi connectivity index (χ3n) is 4.36. The average molecular weight is 369 g/mol. The molecule has 1 heterocycles. The molecule has 144 valence electrons. The van der Waals surface area contributed by atoms with E-state index in [-0.39, 0.29) is 5.91 Å². The van der Waals surface area contributed by atoms with Gasteiger partial charge in [-0.15, -0.1) is 0 Å². The molecule has 0 unspecified atom stereocenters. The molecule has 0 spiro atoms. The third-order valence-corrected chi connectivity index (χ3v) is 4.36. The molecule has 1 aliphatic rings. The Morgan fingerprint density at radius 3 is 2.74 bits per heavy atom. The topological polar surface area (TPSA) is 51.9 Å². The van der Waals surface area contributed by atoms with E-state index in [9.17, 15) is 4.79 Å². The molecule has 2 aromatic rings. The Kier molecular flexibility index (Phi) is 6.22. The first-order valence-corrected chi connectivity index (χ1v) is 9.38. The SMILES string of the molecule is COc1cc(/C=C/C(=O)N(Cc2ccco2)C2CC2)ccc1OCC(C)C. The van der Waals surface area contributed by atoms with Crippen molar-refractivity contribution in [2.24, 2.45) is 5.92 Å². The molecule has 1 fully saturated rings. The summed E-state index contributed by atoms with van der Waals surface area (Å²) in [6.45, 7) is 5.34. The molecular weight excluding hydrogens is 342 g/mol. The van der Waals surface area contributed by atoms with Crippen LogP contribution in [-0.2, 0) is 11.3 Å². The smallest absolute Gasteiger partial charge is 0.247 e. The van der Waals surface area contributed by atoms with Crippen molar-refractivity contribution in [1.29, 1.82) is 0 Å². The Balaban J connectivity index is 1.67. The van der Waals surface area contributed by atoms with Gasteiger partial charge < -0.3 is 18.8 Å². The summed E-state index contributed by atoms with van der Waals surface area (Å²) in [4.78, 5) is 14.5. The standard InChI is InChI=1S/C22H27NO4/c1-16(2)15-27-20-10-6-17(13-21(20)25-3)7-11-22(24)23(18-8-9-18)14-19-5-4-12-26-19/h4-7,10-13,16,18H,8-9,14-15H2,1-3H3/b11-7+. The van der Waals surface area contributed by atoms with Gasteiger partial charge in [-0.3, -0.25) is 4.79 Å². The maximum absolute atomic E-state index is 12.7. The van der Waals surface area contributed by atoms with Crippen LogP contribution in [0.25, 0.3) is 6.08 Å². The fourth-order valence-corrected chi connectivity index (χ4v) is 2.77. The summed E-state index contributed by atoms with van der Waals surface area (Å²) in [5.74, 6) is 2.62. The second kappa shape index (κ2) is 8.80. The van der Waals surface area contributed by atoms with E-state index in [0.29, 0.717) is 36.6 Å². The molecule has 0 saturated heterocycles. The predicted molar refractivity (Wildman–Crippen MR) is 105 cm³/mol. The van der Waals surface area contributed by atoms with Crippen LogP contribution in [0.4, 0.5) is 0 Å². The quantitative estimate of drug-likeness (QED) is 0.610. The number of rotatable bonds is 9. The van der Waals surface area contributed by atoms with Crippen LogP contribution in [0.3, 0.4) is 0 Å². The molecule has 0 atom stereocenters. The average Bonchev–Trinajstić information content (AvgIpc) is 3.38. The molecule has 0 bridgehead atoms. The van der Waals surface area contributed by atoms with Gasteiger partial charge in [0.15, 0.2) is 11.5 Å². The number of amides is 1. The number of furan rings is 1. The molecule has 1 saturated carbocycles. The number of hydrogen-bond donors (Lipinski definition) is 0. The van der Waals surface area contributed by atoms with E-state index in [1.807, 2.05) is 41.3 Å². The molecule has 1 aromatic carbocycles. The largest absolute Gasteiger partial charge is 0.493 e. The molecule has 1 aromatic heterocycles. The van der Waals surface area contributed by atoms with Crippen molar-refractivity contribution in [1.82, 2.24) is 4.90 Å². The number of nitrogens with zero attached hydrogens (tertiary/aromatic N) is 1. The number of benzene rings is 1. The Hall–Kier alpha value is -2.69. The fraction of sp³-hybridized carbons (Fsp3) is 0.409.